The van der Waals surface area contributed by atoms with Crippen molar-refractivity contribution in [2.45, 2.75) is 0 Å². The third-order valence-electron chi connectivity index (χ3n) is 9.22. The highest BCUT2D eigenvalue weighted by Crippen LogP contribution is 2.57. The van der Waals surface area contributed by atoms with Gasteiger partial charge in [-0.15, -0.1) is 0 Å². The first-order valence-corrected chi connectivity index (χ1v) is 17.1. The molecule has 6 nitrogen and oxygen atoms in total. The van der Waals surface area contributed by atoms with E-state index >= 15 is 52.7 Å². The molecule has 66 heavy (non-hydrogen) atoms. The smallest absolute Gasteiger partial charge is 0.237 e. The van der Waals surface area contributed by atoms with E-state index in [2.05, 4.69) is 9.69 Å². The van der Waals surface area contributed by atoms with Crippen LogP contribution in [-0.2, 0) is 0 Å². The van der Waals surface area contributed by atoms with Gasteiger partial charge in [-0.25, -0.2) is 62.4 Å². The van der Waals surface area contributed by atoms with Gasteiger partial charge < -0.3 is 0 Å². The maximum absolute atomic E-state index is 15.7. The average molecular weight is 913 g/mol. The van der Waals surface area contributed by atoms with Crippen molar-refractivity contribution >= 4 is 22.5 Å². The predicted octanol–water partition coefficient (Wildman–Crippen LogP) is 13.2. The summed E-state index contributed by atoms with van der Waals surface area (Å²) in [5, 5.41) is 40.1. The number of hydrogen-bond acceptors (Lipinski definition) is 4. The summed E-state index contributed by atoms with van der Waals surface area (Å²) in [6.07, 6.45) is 0. The number of allylic oxidation sites excluding steroid dienone is 5. The highest BCUT2D eigenvalue weighted by atomic mass is 19.2. The quantitative estimate of drug-likeness (QED) is 0.0718. The van der Waals surface area contributed by atoms with Crippen LogP contribution >= 0.6 is 0 Å². The van der Waals surface area contributed by atoms with E-state index < -0.39 is 243 Å². The van der Waals surface area contributed by atoms with Crippen molar-refractivity contribution in [1.82, 2.24) is 0 Å². The SMILES string of the molecule is [2H]c1c([2H])c(/C(C#N)=C2/C(=C(/[N+]#[C-])c3c([2H])c([2H])c([2H])c(-c4c(F)c(F)c(C#N)c(F)c4F)c3[2H])/C2=C(/C#N)c2c([2H])c([2H])c([2H])c(-c3c(F)c(F)c([N+]#[C-])c(F)c3F)c2[2H])c([2H])c(-c2c(F)c(F)c(C#N)c(F)c2F)c1[2H]. The average Bonchev–Trinajstić information content (AvgIpc) is 4.31. The molecule has 0 unspecified atom stereocenters. The van der Waals surface area contributed by atoms with Crippen molar-refractivity contribution in [3.05, 3.63) is 210 Å². The molecule has 7 rings (SSSR count). The fourth-order valence-electron chi connectivity index (χ4n) is 6.25. The molecule has 0 saturated heterocycles. The maximum Gasteiger partial charge on any atom is 0.262 e. The lowest BCUT2D eigenvalue weighted by Gasteiger charge is -2.10. The fraction of sp³-hybridized carbons (Fsp3) is 0. The third-order valence-corrected chi connectivity index (χ3v) is 9.22. The lowest BCUT2D eigenvalue weighted by molar-refractivity contribution is 0.454. The highest BCUT2D eigenvalue weighted by Gasteiger charge is 2.41. The van der Waals surface area contributed by atoms with Gasteiger partial charge in [-0.1, -0.05) is 60.4 Å². The summed E-state index contributed by atoms with van der Waals surface area (Å²) >= 11 is 0. The van der Waals surface area contributed by atoms with Crippen molar-refractivity contribution in [3.63, 3.8) is 0 Å². The Labute approximate surface area is 380 Å². The molecule has 0 aliphatic heterocycles. The van der Waals surface area contributed by atoms with Gasteiger partial charge in [-0.05, 0) is 62.2 Å². The number of nitrogens with zero attached hydrogens (tertiary/aromatic N) is 6. The molecule has 1 fully saturated rings. The molecule has 0 spiro atoms. The second-order valence-corrected chi connectivity index (χ2v) is 12.6. The summed E-state index contributed by atoms with van der Waals surface area (Å²) in [6.45, 7) is 15.2. The summed E-state index contributed by atoms with van der Waals surface area (Å²) < 4.78 is 289. The molecule has 0 N–H and O–H groups in total. The van der Waals surface area contributed by atoms with Gasteiger partial charge in [0.05, 0.1) is 57.4 Å². The van der Waals surface area contributed by atoms with E-state index in [1.165, 1.54) is 12.1 Å². The number of nitriles is 4. The van der Waals surface area contributed by atoms with E-state index in [1.54, 1.807) is 0 Å². The normalized spacial score (nSPS) is 16.5. The Morgan fingerprint density at radius 1 is 0.439 bits per heavy atom. The van der Waals surface area contributed by atoms with Gasteiger partial charge in [0.25, 0.3) is 5.69 Å². The molecular formula is C48H12F12N6. The van der Waals surface area contributed by atoms with Gasteiger partial charge in [0, 0.05) is 0 Å². The zero-order valence-corrected chi connectivity index (χ0v) is 31.2. The lowest BCUT2D eigenvalue weighted by atomic mass is 9.96. The maximum atomic E-state index is 15.7. The Hall–Kier alpha value is -9.36. The highest BCUT2D eigenvalue weighted by molar-refractivity contribution is 6.11. The van der Waals surface area contributed by atoms with E-state index in [-0.39, 0.29) is 0 Å². The van der Waals surface area contributed by atoms with Crippen LogP contribution in [0.1, 0.15) is 44.3 Å². The second-order valence-electron chi connectivity index (χ2n) is 12.6. The Morgan fingerprint density at radius 3 is 1.06 bits per heavy atom. The van der Waals surface area contributed by atoms with Crippen LogP contribution in [-0.4, -0.2) is 0 Å². The molecule has 1 aliphatic rings. The van der Waals surface area contributed by atoms with Crippen LogP contribution in [0.5, 0.6) is 0 Å². The molecule has 1 aliphatic carbocycles. The molecule has 0 heterocycles. The Morgan fingerprint density at radius 2 is 0.758 bits per heavy atom. The van der Waals surface area contributed by atoms with Crippen LogP contribution in [0, 0.1) is 128 Å². The minimum absolute atomic E-state index is 0.826. The zero-order valence-electron chi connectivity index (χ0n) is 43.2. The van der Waals surface area contributed by atoms with Gasteiger partial charge in [-0.2, -0.15) is 21.0 Å². The Balaban J connectivity index is 1.77. The van der Waals surface area contributed by atoms with Crippen LogP contribution in [0.25, 0.3) is 59.9 Å². The monoisotopic (exact) mass is 912 g/mol. The number of benzene rings is 6. The first kappa shape index (κ1) is 31.5. The Bertz CT molecular complexity index is 3760. The standard InChI is InChI=1S/C48H12F12N6/c1-65-47(24-11-5-10-23(14-24)30-41(55)37(51)28(18-64)38(52)42(30)56)34-32(25(15-61)19-6-3-8-21(12-19)29-39(53)35(49)27(17-63)36(50)40(29)54)33(34)26(16-62)20-7-4-9-22(13-20)31-43(57)45(59)48(66-2)46(60)44(31)58/h3-14H/b32-25+,33-26-,47-34-/i3D,4D,5D,6D,7D,8D,9D,10D,11D,12D,13D,14D. The van der Waals surface area contributed by atoms with Crippen LogP contribution in [0.3, 0.4) is 0 Å². The molecule has 0 bridgehead atoms. The van der Waals surface area contributed by atoms with Crippen molar-refractivity contribution in [2.24, 2.45) is 0 Å². The van der Waals surface area contributed by atoms with Crippen molar-refractivity contribution in [2.75, 3.05) is 0 Å². The molecule has 6 aromatic carbocycles. The van der Waals surface area contributed by atoms with Crippen LogP contribution in [0.4, 0.5) is 58.4 Å². The van der Waals surface area contributed by atoms with Gasteiger partial charge in [0.15, 0.2) is 69.8 Å². The molecule has 6 aromatic rings. The summed E-state index contributed by atoms with van der Waals surface area (Å²) in [5.74, 6) is -29.6. The van der Waals surface area contributed by atoms with E-state index in [0.717, 1.165) is 12.1 Å². The minimum Gasteiger partial charge on any atom is -0.237 e. The van der Waals surface area contributed by atoms with E-state index in [0.29, 0.717) is 0 Å². The topological polar surface area (TPSA) is 104 Å². The van der Waals surface area contributed by atoms with Gasteiger partial charge in [0.2, 0.25) is 5.70 Å². The molecule has 1 saturated carbocycles. The van der Waals surface area contributed by atoms with Crippen molar-refractivity contribution in [3.8, 4) is 57.7 Å². The number of hydrogen-bond donors (Lipinski definition) is 0. The summed E-state index contributed by atoms with van der Waals surface area (Å²) in [6, 6.07) is -14.7. The van der Waals surface area contributed by atoms with Gasteiger partial charge in [0.1, 0.15) is 35.4 Å². The summed E-state index contributed by atoms with van der Waals surface area (Å²) in [4.78, 5) is 5.45. The molecule has 318 valence electrons. The lowest BCUT2D eigenvalue weighted by Crippen LogP contribution is -2.04. The predicted molar refractivity (Wildman–Crippen MR) is 209 cm³/mol. The number of rotatable bonds is 6. The molecule has 0 aromatic heterocycles. The first-order chi connectivity index (χ1) is 36.5. The van der Waals surface area contributed by atoms with E-state index in [4.69, 9.17) is 40.1 Å². The minimum atomic E-state index is -2.50. The van der Waals surface area contributed by atoms with Gasteiger partial charge >= 0.3 is 0 Å². The molecule has 18 heteroatoms. The van der Waals surface area contributed by atoms with Gasteiger partial charge in [-0.3, -0.25) is 0 Å². The third kappa shape index (κ3) is 6.93. The molecular weight excluding hydrogens is 889 g/mol. The molecule has 0 amide bonds. The van der Waals surface area contributed by atoms with Crippen LogP contribution in [0.15, 0.2) is 89.2 Å². The van der Waals surface area contributed by atoms with Crippen LogP contribution in [0.2, 0.25) is 0 Å². The molecule has 0 atom stereocenters. The second kappa shape index (κ2) is 17.1. The number of halogens is 12. The molecule has 0 radical (unpaired) electrons. The fourth-order valence-corrected chi connectivity index (χ4v) is 6.25. The van der Waals surface area contributed by atoms with E-state index in [9.17, 15) is 10.5 Å². The summed E-state index contributed by atoms with van der Waals surface area (Å²) in [7, 11) is 0. The summed E-state index contributed by atoms with van der Waals surface area (Å²) in [5.41, 5.74) is -29.1. The largest absolute Gasteiger partial charge is 0.262 e. The van der Waals surface area contributed by atoms with E-state index in [1.807, 2.05) is 0 Å². The van der Waals surface area contributed by atoms with Crippen molar-refractivity contribution in [1.29, 1.82) is 21.0 Å². The van der Waals surface area contributed by atoms with Crippen molar-refractivity contribution < 1.29 is 69.1 Å². The first-order valence-electron chi connectivity index (χ1n) is 23.1. The van der Waals surface area contributed by atoms with Crippen LogP contribution < -0.4 is 0 Å². The zero-order chi connectivity index (χ0) is 58.5. The Kier molecular flexibility index (Phi) is 8.14.